The number of rotatable bonds is 4. The highest BCUT2D eigenvalue weighted by Crippen LogP contribution is 2.35. The molecule has 5 rings (SSSR count). The van der Waals surface area contributed by atoms with Crippen LogP contribution in [0.25, 0.3) is 21.0 Å². The molecule has 35 heavy (non-hydrogen) atoms. The van der Waals surface area contributed by atoms with Crippen molar-refractivity contribution in [2.75, 3.05) is 23.8 Å². The Kier molecular flexibility index (Phi) is 5.36. The van der Waals surface area contributed by atoms with Gasteiger partial charge in [0.25, 0.3) is 11.5 Å². The number of aromatic amines is 1. The second-order valence-corrected chi connectivity index (χ2v) is 9.88. The van der Waals surface area contributed by atoms with E-state index in [0.717, 1.165) is 11.5 Å². The molecule has 12 heteroatoms. The number of nitrogens with zero attached hydrogens (tertiary/aromatic N) is 4. The number of anilines is 2. The van der Waals surface area contributed by atoms with Crippen molar-refractivity contribution in [3.8, 4) is 0 Å². The molecule has 1 aliphatic rings. The number of nitrogen functional groups attached to an aromatic ring is 1. The predicted octanol–water partition coefficient (Wildman–Crippen LogP) is 1.59. The molecule has 1 saturated heterocycles. The summed E-state index contributed by atoms with van der Waals surface area (Å²) in [5, 5.41) is 22.5. The zero-order valence-electron chi connectivity index (χ0n) is 19.3. The summed E-state index contributed by atoms with van der Waals surface area (Å²) in [6.45, 7) is 4.97. The van der Waals surface area contributed by atoms with E-state index in [1.165, 1.54) is 11.8 Å². The maximum atomic E-state index is 13.5. The summed E-state index contributed by atoms with van der Waals surface area (Å²) in [4.78, 5) is 39.4. The van der Waals surface area contributed by atoms with Crippen LogP contribution < -0.4 is 16.2 Å². The Morgan fingerprint density at radius 1 is 1.26 bits per heavy atom. The standard InChI is InChI=1S/C23H24N6O5S/c1-22(2,33)13-5-4-6-14(26-13)29-9-10-34-23(3,21(29)32)17(30)19-25-12-8-7-11-16(35-28-18(11)24)15(12)20(31)27-19/h4-8,17,30,33H,9-10H2,1-3H3,(H2,24,28)(H,25,27,31)/t17-,23?/m0/s1. The maximum absolute atomic E-state index is 13.5. The molecule has 0 spiro atoms. The van der Waals surface area contributed by atoms with Crippen LogP contribution in [0.3, 0.4) is 0 Å². The Hall–Kier alpha value is -3.45. The second kappa shape index (κ2) is 8.05. The summed E-state index contributed by atoms with van der Waals surface area (Å²) in [5.41, 5.74) is 3.17. The largest absolute Gasteiger partial charge is 0.384 e. The van der Waals surface area contributed by atoms with Crippen LogP contribution in [0.4, 0.5) is 11.6 Å². The average molecular weight is 497 g/mol. The Labute approximate surface area is 203 Å². The zero-order valence-corrected chi connectivity index (χ0v) is 20.1. The van der Waals surface area contributed by atoms with Crippen molar-refractivity contribution in [2.45, 2.75) is 38.1 Å². The third kappa shape index (κ3) is 3.74. The first-order valence-electron chi connectivity index (χ1n) is 10.9. The Bertz CT molecular complexity index is 1530. The molecule has 4 heterocycles. The van der Waals surface area contributed by atoms with E-state index in [9.17, 15) is 19.8 Å². The first kappa shape index (κ1) is 23.3. The third-order valence-corrected chi connectivity index (χ3v) is 7.06. The number of H-pyrrole nitrogens is 1. The molecule has 11 nitrogen and oxygen atoms in total. The van der Waals surface area contributed by atoms with Crippen molar-refractivity contribution >= 4 is 50.1 Å². The number of benzene rings is 1. The first-order valence-corrected chi connectivity index (χ1v) is 11.7. The van der Waals surface area contributed by atoms with Gasteiger partial charge in [0.15, 0.2) is 5.60 Å². The topological polar surface area (TPSA) is 168 Å². The fourth-order valence-electron chi connectivity index (χ4n) is 4.16. The lowest BCUT2D eigenvalue weighted by atomic mass is 9.94. The summed E-state index contributed by atoms with van der Waals surface area (Å²) >= 11 is 1.09. The van der Waals surface area contributed by atoms with Crippen molar-refractivity contribution in [1.82, 2.24) is 19.3 Å². The second-order valence-electron chi connectivity index (χ2n) is 9.11. The molecule has 1 fully saturated rings. The summed E-state index contributed by atoms with van der Waals surface area (Å²) in [5.74, 6) is -0.00622. The normalized spacial score (nSPS) is 20.0. The highest BCUT2D eigenvalue weighted by Gasteiger charge is 2.49. The van der Waals surface area contributed by atoms with Crippen molar-refractivity contribution in [3.05, 3.63) is 52.2 Å². The number of pyridine rings is 1. The Balaban J connectivity index is 1.53. The van der Waals surface area contributed by atoms with Gasteiger partial charge in [-0.2, -0.15) is 4.37 Å². The van der Waals surface area contributed by atoms with Gasteiger partial charge in [0.2, 0.25) is 0 Å². The molecule has 1 aromatic carbocycles. The van der Waals surface area contributed by atoms with E-state index in [0.29, 0.717) is 38.3 Å². The Morgan fingerprint density at radius 3 is 2.77 bits per heavy atom. The molecule has 0 aliphatic carbocycles. The van der Waals surface area contributed by atoms with Gasteiger partial charge >= 0.3 is 0 Å². The predicted molar refractivity (Wildman–Crippen MR) is 131 cm³/mol. The molecule has 0 radical (unpaired) electrons. The number of hydrogen-bond acceptors (Lipinski definition) is 10. The van der Waals surface area contributed by atoms with Gasteiger partial charge in [-0.25, -0.2) is 9.97 Å². The van der Waals surface area contributed by atoms with Crippen molar-refractivity contribution in [2.24, 2.45) is 0 Å². The maximum Gasteiger partial charge on any atom is 0.263 e. The number of ether oxygens (including phenoxy) is 1. The van der Waals surface area contributed by atoms with Crippen molar-refractivity contribution in [1.29, 1.82) is 0 Å². The molecule has 2 atom stereocenters. The fraction of sp³-hybridized carbons (Fsp3) is 0.348. The summed E-state index contributed by atoms with van der Waals surface area (Å²) in [6, 6.07) is 8.35. The number of amides is 1. The van der Waals surface area contributed by atoms with E-state index < -0.39 is 28.8 Å². The highest BCUT2D eigenvalue weighted by molar-refractivity contribution is 7.14. The van der Waals surface area contributed by atoms with Crippen LogP contribution in [-0.4, -0.2) is 54.2 Å². The minimum absolute atomic E-state index is 0.102. The van der Waals surface area contributed by atoms with Gasteiger partial charge in [-0.05, 0) is 56.6 Å². The minimum atomic E-state index is -1.74. The van der Waals surface area contributed by atoms with Gasteiger partial charge in [-0.15, -0.1) is 0 Å². The monoisotopic (exact) mass is 496 g/mol. The van der Waals surface area contributed by atoms with E-state index in [1.54, 1.807) is 44.2 Å². The number of morpholine rings is 1. The molecule has 1 unspecified atom stereocenters. The van der Waals surface area contributed by atoms with E-state index in [1.807, 2.05) is 0 Å². The van der Waals surface area contributed by atoms with E-state index in [4.69, 9.17) is 10.5 Å². The van der Waals surface area contributed by atoms with Gasteiger partial charge in [-0.3, -0.25) is 14.5 Å². The smallest absolute Gasteiger partial charge is 0.263 e. The fourth-order valence-corrected chi connectivity index (χ4v) is 5.01. The highest BCUT2D eigenvalue weighted by atomic mass is 32.1. The number of aromatic nitrogens is 4. The lowest BCUT2D eigenvalue weighted by molar-refractivity contribution is -0.167. The van der Waals surface area contributed by atoms with Crippen molar-refractivity contribution < 1.29 is 19.7 Å². The molecule has 0 saturated carbocycles. The van der Waals surface area contributed by atoms with Gasteiger partial charge in [-0.1, -0.05) is 6.07 Å². The molecule has 182 valence electrons. The van der Waals surface area contributed by atoms with Crippen LogP contribution in [-0.2, 0) is 15.1 Å². The van der Waals surface area contributed by atoms with Gasteiger partial charge < -0.3 is 25.7 Å². The zero-order chi connectivity index (χ0) is 25.1. The summed E-state index contributed by atoms with van der Waals surface area (Å²) in [7, 11) is 0. The number of nitrogens with one attached hydrogen (secondary N) is 1. The van der Waals surface area contributed by atoms with E-state index in [2.05, 4.69) is 19.3 Å². The van der Waals surface area contributed by atoms with Gasteiger partial charge in [0.05, 0.1) is 34.4 Å². The molecule has 1 aliphatic heterocycles. The molecule has 4 aromatic rings. The van der Waals surface area contributed by atoms with E-state index >= 15 is 0 Å². The number of carbonyl (C=O) groups is 1. The number of nitrogens with two attached hydrogens (primary N) is 1. The SMILES string of the molecule is CC(C)(O)c1cccc(N2CCOC(C)([C@@H](O)c3nc4ccc5c(N)nsc5c4c(=O)[nH]3)C2=O)n1. The number of hydrogen-bond donors (Lipinski definition) is 4. The number of aliphatic hydroxyl groups excluding tert-OH is 1. The Morgan fingerprint density at radius 2 is 2.03 bits per heavy atom. The van der Waals surface area contributed by atoms with Crippen LogP contribution in [0.2, 0.25) is 0 Å². The van der Waals surface area contributed by atoms with Crippen LogP contribution >= 0.6 is 11.5 Å². The lowest BCUT2D eigenvalue weighted by Gasteiger charge is -2.41. The molecular formula is C23H24N6O5S. The molecular weight excluding hydrogens is 472 g/mol. The van der Waals surface area contributed by atoms with Gasteiger partial charge in [0, 0.05) is 5.39 Å². The van der Waals surface area contributed by atoms with Crippen LogP contribution in [0.1, 0.15) is 38.4 Å². The van der Waals surface area contributed by atoms with E-state index in [-0.39, 0.29) is 19.0 Å². The molecule has 0 bridgehead atoms. The van der Waals surface area contributed by atoms with Crippen LogP contribution in [0.5, 0.6) is 0 Å². The third-order valence-electron chi connectivity index (χ3n) is 6.16. The van der Waals surface area contributed by atoms with Crippen LogP contribution in [0.15, 0.2) is 35.1 Å². The number of fused-ring (bicyclic) bond motifs is 3. The number of aliphatic hydroxyl groups is 2. The van der Waals surface area contributed by atoms with Gasteiger partial charge in [0.1, 0.15) is 29.2 Å². The summed E-state index contributed by atoms with van der Waals surface area (Å²) < 4.78 is 10.5. The average Bonchev–Trinajstić information content (AvgIpc) is 3.20. The molecule has 5 N–H and O–H groups in total. The lowest BCUT2D eigenvalue weighted by Crippen LogP contribution is -2.58. The molecule has 1 amide bonds. The van der Waals surface area contributed by atoms with Crippen LogP contribution in [0, 0.1) is 0 Å². The summed E-state index contributed by atoms with van der Waals surface area (Å²) in [6.07, 6.45) is -1.57. The van der Waals surface area contributed by atoms with Crippen molar-refractivity contribution in [3.63, 3.8) is 0 Å². The first-order chi connectivity index (χ1) is 16.5. The minimum Gasteiger partial charge on any atom is -0.384 e. The number of carbonyl (C=O) groups excluding carboxylic acids is 1. The molecule has 3 aromatic heterocycles. The quantitative estimate of drug-likeness (QED) is 0.328.